The minimum Gasteiger partial charge on any atom is -0.268 e. The summed E-state index contributed by atoms with van der Waals surface area (Å²) in [6.07, 6.45) is 2.01. The van der Waals surface area contributed by atoms with Gasteiger partial charge in [-0.2, -0.15) is 5.26 Å². The number of hydrogen-bond acceptors (Lipinski definition) is 2. The molecule has 2 aromatic carbocycles. The number of hydrogen-bond donors (Lipinski definition) is 0. The lowest BCUT2D eigenvalue weighted by Crippen LogP contribution is -2.27. The lowest BCUT2D eigenvalue weighted by atomic mass is 10.0. The molecule has 0 unspecified atom stereocenters. The van der Waals surface area contributed by atoms with Crippen LogP contribution in [0, 0.1) is 28.9 Å². The summed E-state index contributed by atoms with van der Waals surface area (Å²) in [7, 11) is 0. The second-order valence-electron chi connectivity index (χ2n) is 4.85. The molecule has 0 aromatic heterocycles. The van der Waals surface area contributed by atoms with Gasteiger partial charge in [-0.3, -0.25) is 4.79 Å². The molecule has 0 heterocycles. The van der Waals surface area contributed by atoms with Crippen molar-refractivity contribution in [1.29, 1.82) is 5.26 Å². The van der Waals surface area contributed by atoms with Crippen molar-refractivity contribution in [1.82, 2.24) is 4.90 Å². The predicted molar refractivity (Wildman–Crippen MR) is 90.6 cm³/mol. The van der Waals surface area contributed by atoms with E-state index < -0.39 is 0 Å². The molecule has 0 atom stereocenters. The van der Waals surface area contributed by atoms with E-state index in [-0.39, 0.29) is 5.91 Å². The van der Waals surface area contributed by atoms with Crippen LogP contribution in [0.4, 0.5) is 0 Å². The number of benzene rings is 2. The highest BCUT2D eigenvalue weighted by atomic mass is 127. The molecular formula is C17H15IN2O. The molecular weight excluding hydrogens is 375 g/mol. The summed E-state index contributed by atoms with van der Waals surface area (Å²) in [4.78, 5) is 13.8. The van der Waals surface area contributed by atoms with Crippen molar-refractivity contribution < 1.29 is 4.79 Å². The quantitative estimate of drug-likeness (QED) is 0.451. The van der Waals surface area contributed by atoms with E-state index in [2.05, 4.69) is 22.6 Å². The van der Waals surface area contributed by atoms with E-state index in [0.29, 0.717) is 12.1 Å². The van der Waals surface area contributed by atoms with Gasteiger partial charge in [-0.1, -0.05) is 36.4 Å². The highest BCUT2D eigenvalue weighted by Gasteiger charge is 2.20. The number of nitriles is 1. The summed E-state index contributed by atoms with van der Waals surface area (Å²) in [6, 6.07) is 13.5. The molecule has 0 radical (unpaired) electrons. The minimum atomic E-state index is -0.243. The molecule has 0 N–H and O–H groups in total. The third-order valence-electron chi connectivity index (χ3n) is 3.35. The van der Waals surface area contributed by atoms with Crippen molar-refractivity contribution in [2.45, 2.75) is 20.4 Å². The summed E-state index contributed by atoms with van der Waals surface area (Å²) in [5.41, 5.74) is 3.37. The summed E-state index contributed by atoms with van der Waals surface area (Å²) < 4.78 is 1.05. The maximum absolute atomic E-state index is 12.6. The van der Waals surface area contributed by atoms with Crippen LogP contribution in [0.2, 0.25) is 0 Å². The Kier molecular flexibility index (Phi) is 4.97. The van der Waals surface area contributed by atoms with E-state index in [1.807, 2.05) is 62.5 Å². The number of aryl methyl sites for hydroxylation is 2. The van der Waals surface area contributed by atoms with Crippen molar-refractivity contribution in [3.05, 3.63) is 68.3 Å². The molecule has 0 fully saturated rings. The van der Waals surface area contributed by atoms with Crippen LogP contribution in [-0.2, 0) is 6.54 Å². The first kappa shape index (κ1) is 15.5. The van der Waals surface area contributed by atoms with Crippen molar-refractivity contribution in [3.8, 4) is 6.19 Å². The van der Waals surface area contributed by atoms with Gasteiger partial charge in [-0.05, 0) is 59.2 Å². The molecule has 1 amide bonds. The number of rotatable bonds is 3. The lowest BCUT2D eigenvalue weighted by Gasteiger charge is -2.17. The molecule has 0 aliphatic rings. The number of carbonyl (C=O) groups is 1. The van der Waals surface area contributed by atoms with Gasteiger partial charge in [0.1, 0.15) is 0 Å². The van der Waals surface area contributed by atoms with Gasteiger partial charge in [0.25, 0.3) is 5.91 Å². The first-order valence-electron chi connectivity index (χ1n) is 6.56. The zero-order valence-corrected chi connectivity index (χ0v) is 14.1. The van der Waals surface area contributed by atoms with Crippen LogP contribution in [0.15, 0.2) is 42.5 Å². The van der Waals surface area contributed by atoms with Crippen LogP contribution in [0.1, 0.15) is 27.0 Å². The van der Waals surface area contributed by atoms with E-state index in [1.54, 1.807) is 0 Å². The maximum Gasteiger partial charge on any atom is 0.267 e. The van der Waals surface area contributed by atoms with E-state index in [1.165, 1.54) is 4.90 Å². The Labute approximate surface area is 138 Å². The van der Waals surface area contributed by atoms with Crippen LogP contribution >= 0.6 is 22.6 Å². The standard InChI is InChI=1S/C17H15IN2O/c1-12-6-5-7-13(2)16(12)17(21)20(11-19)10-14-8-3-4-9-15(14)18/h3-9H,10H2,1-2H3. The molecule has 0 saturated carbocycles. The van der Waals surface area contributed by atoms with Crippen LogP contribution < -0.4 is 0 Å². The molecule has 106 valence electrons. The van der Waals surface area contributed by atoms with Gasteiger partial charge in [0.2, 0.25) is 0 Å². The first-order chi connectivity index (χ1) is 10.0. The SMILES string of the molecule is Cc1cccc(C)c1C(=O)N(C#N)Cc1ccccc1I. The zero-order chi connectivity index (χ0) is 15.4. The predicted octanol–water partition coefficient (Wildman–Crippen LogP) is 4.03. The molecule has 2 rings (SSSR count). The van der Waals surface area contributed by atoms with Crippen LogP contribution in [-0.4, -0.2) is 10.8 Å². The van der Waals surface area contributed by atoms with E-state index in [0.717, 1.165) is 20.3 Å². The highest BCUT2D eigenvalue weighted by Crippen LogP contribution is 2.19. The number of amides is 1. The fourth-order valence-corrected chi connectivity index (χ4v) is 2.79. The molecule has 2 aromatic rings. The van der Waals surface area contributed by atoms with Gasteiger partial charge < -0.3 is 0 Å². The Bertz CT molecular complexity index is 699. The van der Waals surface area contributed by atoms with Crippen LogP contribution in [0.3, 0.4) is 0 Å². The molecule has 0 aliphatic carbocycles. The molecule has 3 nitrogen and oxygen atoms in total. The lowest BCUT2D eigenvalue weighted by molar-refractivity contribution is 0.0822. The van der Waals surface area contributed by atoms with E-state index >= 15 is 0 Å². The number of carbonyl (C=O) groups excluding carboxylic acids is 1. The van der Waals surface area contributed by atoms with Crippen molar-refractivity contribution in [2.75, 3.05) is 0 Å². The monoisotopic (exact) mass is 390 g/mol. The molecule has 0 aliphatic heterocycles. The average Bonchev–Trinajstić information content (AvgIpc) is 2.46. The van der Waals surface area contributed by atoms with Gasteiger partial charge in [-0.25, -0.2) is 4.90 Å². The summed E-state index contributed by atoms with van der Waals surface area (Å²) in [5.74, 6) is -0.243. The Morgan fingerprint density at radius 3 is 2.33 bits per heavy atom. The van der Waals surface area contributed by atoms with Gasteiger partial charge >= 0.3 is 0 Å². The Morgan fingerprint density at radius 1 is 1.14 bits per heavy atom. The summed E-state index contributed by atoms with van der Waals surface area (Å²) in [6.45, 7) is 4.08. The van der Waals surface area contributed by atoms with Crippen LogP contribution in [0.5, 0.6) is 0 Å². The first-order valence-corrected chi connectivity index (χ1v) is 7.63. The van der Waals surface area contributed by atoms with E-state index in [4.69, 9.17) is 0 Å². The van der Waals surface area contributed by atoms with E-state index in [9.17, 15) is 10.1 Å². The Morgan fingerprint density at radius 2 is 1.76 bits per heavy atom. The smallest absolute Gasteiger partial charge is 0.267 e. The van der Waals surface area contributed by atoms with Gasteiger partial charge in [0.15, 0.2) is 6.19 Å². The molecule has 21 heavy (non-hydrogen) atoms. The number of nitrogens with zero attached hydrogens (tertiary/aromatic N) is 2. The fourth-order valence-electron chi connectivity index (χ4n) is 2.24. The average molecular weight is 390 g/mol. The zero-order valence-electron chi connectivity index (χ0n) is 11.9. The van der Waals surface area contributed by atoms with Crippen molar-refractivity contribution >= 4 is 28.5 Å². The van der Waals surface area contributed by atoms with Gasteiger partial charge in [-0.15, -0.1) is 0 Å². The second kappa shape index (κ2) is 6.72. The molecule has 0 spiro atoms. The highest BCUT2D eigenvalue weighted by molar-refractivity contribution is 14.1. The van der Waals surface area contributed by atoms with Gasteiger partial charge in [0, 0.05) is 9.13 Å². The third-order valence-corrected chi connectivity index (χ3v) is 4.40. The second-order valence-corrected chi connectivity index (χ2v) is 6.01. The van der Waals surface area contributed by atoms with Crippen molar-refractivity contribution in [3.63, 3.8) is 0 Å². The minimum absolute atomic E-state index is 0.243. The maximum atomic E-state index is 12.6. The topological polar surface area (TPSA) is 44.1 Å². The van der Waals surface area contributed by atoms with Gasteiger partial charge in [0.05, 0.1) is 6.54 Å². The van der Waals surface area contributed by atoms with Crippen molar-refractivity contribution in [2.24, 2.45) is 0 Å². The Hall–Kier alpha value is -1.87. The normalized spacial score (nSPS) is 10.0. The molecule has 0 bridgehead atoms. The largest absolute Gasteiger partial charge is 0.268 e. The third kappa shape index (κ3) is 3.42. The number of halogens is 1. The summed E-state index contributed by atoms with van der Waals surface area (Å²) >= 11 is 2.21. The Balaban J connectivity index is 2.33. The fraction of sp³-hybridized carbons (Fsp3) is 0.176. The van der Waals surface area contributed by atoms with Crippen LogP contribution in [0.25, 0.3) is 0 Å². The molecule has 0 saturated heterocycles. The molecule has 4 heteroatoms. The summed E-state index contributed by atoms with van der Waals surface area (Å²) in [5, 5.41) is 9.34.